The molecule has 5 nitrogen and oxygen atoms in total. The third kappa shape index (κ3) is 5.19. The van der Waals surface area contributed by atoms with E-state index in [0.29, 0.717) is 31.7 Å². The second kappa shape index (κ2) is 10.2. The van der Waals surface area contributed by atoms with Crippen molar-refractivity contribution in [3.63, 3.8) is 0 Å². The molecule has 0 unspecified atom stereocenters. The molecule has 0 bridgehead atoms. The summed E-state index contributed by atoms with van der Waals surface area (Å²) >= 11 is 3.61. The third-order valence-corrected chi connectivity index (χ3v) is 7.84. The first-order valence-corrected chi connectivity index (χ1v) is 13.4. The number of rotatable bonds is 7. The molecular formula is C30H36BrNO4. The van der Waals surface area contributed by atoms with Crippen molar-refractivity contribution in [2.24, 2.45) is 10.8 Å². The number of allylic oxidation sites excluding steroid dienone is 4. The molecule has 1 aromatic carbocycles. The minimum Gasteiger partial charge on any atom is -0.481 e. The normalized spacial score (nSPS) is 21.3. The summed E-state index contributed by atoms with van der Waals surface area (Å²) in [7, 11) is 1.70. The van der Waals surface area contributed by atoms with E-state index in [1.54, 1.807) is 7.11 Å². The van der Waals surface area contributed by atoms with Gasteiger partial charge in [0.05, 0.1) is 0 Å². The van der Waals surface area contributed by atoms with Gasteiger partial charge in [-0.1, -0.05) is 49.5 Å². The quantitative estimate of drug-likeness (QED) is 0.298. The van der Waals surface area contributed by atoms with Crippen LogP contribution in [0.4, 0.5) is 0 Å². The average molecular weight is 555 g/mol. The number of carbonyl (C=O) groups excluding carboxylic acids is 2. The van der Waals surface area contributed by atoms with Gasteiger partial charge in [0.25, 0.3) is 0 Å². The molecule has 6 heteroatoms. The van der Waals surface area contributed by atoms with Crippen LogP contribution < -0.4 is 4.74 Å². The number of hydrogen-bond acceptors (Lipinski definition) is 5. The largest absolute Gasteiger partial charge is 0.481 e. The molecule has 0 radical (unpaired) electrons. The number of benzene rings is 1. The van der Waals surface area contributed by atoms with Crippen molar-refractivity contribution in [2.45, 2.75) is 65.7 Å². The fourth-order valence-electron chi connectivity index (χ4n) is 5.99. The molecule has 1 heterocycles. The number of ether oxygens (including phenoxy) is 2. The Morgan fingerprint density at radius 1 is 1.03 bits per heavy atom. The Kier molecular flexibility index (Phi) is 7.55. The number of Topliss-reactive ketones (excluding diaryl/α,β-unsaturated/α-hetero) is 2. The van der Waals surface area contributed by atoms with E-state index in [9.17, 15) is 9.59 Å². The Morgan fingerprint density at radius 2 is 1.61 bits per heavy atom. The molecule has 1 aliphatic heterocycles. The summed E-state index contributed by atoms with van der Waals surface area (Å²) in [6, 6.07) is 5.75. The van der Waals surface area contributed by atoms with Crippen LogP contribution in [-0.4, -0.2) is 43.3 Å². The van der Waals surface area contributed by atoms with Gasteiger partial charge in [0.15, 0.2) is 11.6 Å². The van der Waals surface area contributed by atoms with Gasteiger partial charge in [-0.15, -0.1) is 6.42 Å². The van der Waals surface area contributed by atoms with Gasteiger partial charge in [-0.25, -0.2) is 0 Å². The molecule has 0 saturated carbocycles. The lowest BCUT2D eigenvalue weighted by molar-refractivity contribution is -0.119. The molecule has 0 fully saturated rings. The summed E-state index contributed by atoms with van der Waals surface area (Å²) in [5.41, 5.74) is 4.06. The molecule has 0 spiro atoms. The van der Waals surface area contributed by atoms with Gasteiger partial charge in [-0.05, 0) is 48.3 Å². The van der Waals surface area contributed by atoms with E-state index in [0.717, 1.165) is 51.8 Å². The standard InChI is InChI=1S/C30H36BrNO4/c1-7-12-36-25-10-9-19(31)14-20(25)26-27-21(15-29(2,3)17-23(27)33)32(11-8-13-35-6)22-16-30(4,5)18-24(34)28(22)26/h1,9-10,14,26H,8,11-13,15-18H2,2-6H3. The number of ketones is 2. The van der Waals surface area contributed by atoms with Crippen molar-refractivity contribution in [2.75, 3.05) is 26.9 Å². The first kappa shape index (κ1) is 26.7. The van der Waals surface area contributed by atoms with E-state index in [1.807, 2.05) is 18.2 Å². The van der Waals surface area contributed by atoms with Crippen LogP contribution in [0, 0.1) is 23.2 Å². The minimum absolute atomic E-state index is 0.107. The second-order valence-electron chi connectivity index (χ2n) is 11.7. The minimum atomic E-state index is -0.467. The van der Waals surface area contributed by atoms with Crippen LogP contribution in [0.5, 0.6) is 5.75 Å². The maximum absolute atomic E-state index is 13.9. The fraction of sp³-hybridized carbons (Fsp3) is 0.533. The Morgan fingerprint density at radius 3 is 2.14 bits per heavy atom. The van der Waals surface area contributed by atoms with Crippen molar-refractivity contribution >= 4 is 27.5 Å². The number of terminal acetylenes is 1. The average Bonchev–Trinajstić information content (AvgIpc) is 2.77. The first-order valence-electron chi connectivity index (χ1n) is 12.6. The van der Waals surface area contributed by atoms with Gasteiger partial charge in [0, 0.05) is 71.6 Å². The second-order valence-corrected chi connectivity index (χ2v) is 12.6. The van der Waals surface area contributed by atoms with Crippen LogP contribution >= 0.6 is 15.9 Å². The lowest BCUT2D eigenvalue weighted by atomic mass is 9.63. The van der Waals surface area contributed by atoms with Gasteiger partial charge in [0.2, 0.25) is 0 Å². The number of halogens is 1. The maximum Gasteiger partial charge on any atom is 0.162 e. The fourth-order valence-corrected chi connectivity index (χ4v) is 6.37. The zero-order valence-electron chi connectivity index (χ0n) is 22.0. The zero-order chi connectivity index (χ0) is 26.3. The number of hydrogen-bond donors (Lipinski definition) is 0. The summed E-state index contributed by atoms with van der Waals surface area (Å²) in [4.78, 5) is 30.1. The van der Waals surface area contributed by atoms with Crippen LogP contribution in [0.15, 0.2) is 45.2 Å². The summed E-state index contributed by atoms with van der Waals surface area (Å²) in [5.74, 6) is 2.90. The van der Waals surface area contributed by atoms with Gasteiger partial charge in [-0.2, -0.15) is 0 Å². The highest BCUT2D eigenvalue weighted by molar-refractivity contribution is 9.10. The number of carbonyl (C=O) groups is 2. The summed E-state index contributed by atoms with van der Waals surface area (Å²) in [5, 5.41) is 0. The van der Waals surface area contributed by atoms with Crippen LogP contribution in [0.25, 0.3) is 0 Å². The topological polar surface area (TPSA) is 55.8 Å². The van der Waals surface area contributed by atoms with E-state index >= 15 is 0 Å². The van der Waals surface area contributed by atoms with E-state index in [-0.39, 0.29) is 29.0 Å². The van der Waals surface area contributed by atoms with Gasteiger partial charge >= 0.3 is 0 Å². The van der Waals surface area contributed by atoms with E-state index in [2.05, 4.69) is 54.4 Å². The van der Waals surface area contributed by atoms with Crippen molar-refractivity contribution in [3.05, 3.63) is 50.8 Å². The third-order valence-electron chi connectivity index (χ3n) is 7.35. The molecule has 0 atom stereocenters. The van der Waals surface area contributed by atoms with Crippen molar-refractivity contribution < 1.29 is 19.1 Å². The molecule has 3 aliphatic rings. The van der Waals surface area contributed by atoms with Gasteiger partial charge < -0.3 is 14.4 Å². The SMILES string of the molecule is C#CCOc1ccc(Br)cc1C1C2=C(CC(C)(C)CC2=O)N(CCCOC)C2=C1C(=O)CC(C)(C)C2. The Balaban J connectivity index is 1.99. The van der Waals surface area contributed by atoms with Crippen molar-refractivity contribution in [1.82, 2.24) is 4.90 Å². The zero-order valence-corrected chi connectivity index (χ0v) is 23.6. The molecule has 36 heavy (non-hydrogen) atoms. The Bertz CT molecular complexity index is 1130. The smallest absolute Gasteiger partial charge is 0.162 e. The molecule has 0 aromatic heterocycles. The van der Waals surface area contributed by atoms with Crippen LogP contribution in [-0.2, 0) is 14.3 Å². The first-order chi connectivity index (χ1) is 17.0. The lowest BCUT2D eigenvalue weighted by Gasteiger charge is -2.49. The molecule has 1 aromatic rings. The lowest BCUT2D eigenvalue weighted by Crippen LogP contribution is -2.45. The number of methoxy groups -OCH3 is 1. The van der Waals surface area contributed by atoms with Crippen molar-refractivity contribution in [3.8, 4) is 18.1 Å². The highest BCUT2D eigenvalue weighted by Gasteiger charge is 2.49. The molecular weight excluding hydrogens is 518 g/mol. The highest BCUT2D eigenvalue weighted by Crippen LogP contribution is 2.55. The maximum atomic E-state index is 13.9. The van der Waals surface area contributed by atoms with Gasteiger partial charge in [0.1, 0.15) is 12.4 Å². The molecule has 2 aliphatic carbocycles. The van der Waals surface area contributed by atoms with Crippen molar-refractivity contribution in [1.29, 1.82) is 0 Å². The molecule has 0 amide bonds. The molecule has 192 valence electrons. The van der Waals surface area contributed by atoms with E-state index < -0.39 is 5.92 Å². The van der Waals surface area contributed by atoms with Crippen LogP contribution in [0.2, 0.25) is 0 Å². The predicted molar refractivity (Wildman–Crippen MR) is 145 cm³/mol. The summed E-state index contributed by atoms with van der Waals surface area (Å²) in [6.45, 7) is 10.0. The van der Waals surface area contributed by atoms with Crippen LogP contribution in [0.3, 0.4) is 0 Å². The van der Waals surface area contributed by atoms with E-state index in [1.165, 1.54) is 0 Å². The Labute approximate surface area is 223 Å². The van der Waals surface area contributed by atoms with Gasteiger partial charge in [-0.3, -0.25) is 9.59 Å². The molecule has 0 N–H and O–H groups in total. The highest BCUT2D eigenvalue weighted by atomic mass is 79.9. The predicted octanol–water partition coefficient (Wildman–Crippen LogP) is 6.18. The van der Waals surface area contributed by atoms with E-state index in [4.69, 9.17) is 15.9 Å². The van der Waals surface area contributed by atoms with Crippen LogP contribution in [0.1, 0.15) is 71.3 Å². The Hall–Kier alpha value is -2.36. The summed E-state index contributed by atoms with van der Waals surface area (Å²) < 4.78 is 12.2. The summed E-state index contributed by atoms with van der Waals surface area (Å²) in [6.07, 6.45) is 8.76. The molecule has 4 rings (SSSR count). The molecule has 0 saturated heterocycles. The monoisotopic (exact) mass is 553 g/mol. The number of nitrogens with zero attached hydrogens (tertiary/aromatic N) is 1.